The first kappa shape index (κ1) is 27.2. The van der Waals surface area contributed by atoms with Crippen LogP contribution in [0.2, 0.25) is 0 Å². The van der Waals surface area contributed by atoms with Gasteiger partial charge in [0.1, 0.15) is 11.4 Å². The van der Waals surface area contributed by atoms with Crippen LogP contribution in [0.1, 0.15) is 82.7 Å². The van der Waals surface area contributed by atoms with Crippen LogP contribution < -0.4 is 0 Å². The van der Waals surface area contributed by atoms with Gasteiger partial charge >= 0.3 is 11.9 Å². The van der Waals surface area contributed by atoms with Crippen molar-refractivity contribution in [3.63, 3.8) is 0 Å². The maximum atomic E-state index is 12.6. The summed E-state index contributed by atoms with van der Waals surface area (Å²) >= 11 is 0. The van der Waals surface area contributed by atoms with E-state index >= 15 is 0 Å². The third-order valence-corrected chi connectivity index (χ3v) is 6.94. The zero-order chi connectivity index (χ0) is 27.4. The normalized spacial score (nSPS) is 11.6. The SMILES string of the molecule is COC(=O)c1cc(CC(C)C)c(C(Cc2cccc3ccccc23)c2[nH]c(C(=O)OC)cc2CC(C)C)[nH]1. The monoisotopic (exact) mass is 514 g/mol. The van der Waals surface area contributed by atoms with E-state index in [0.717, 1.165) is 35.4 Å². The number of esters is 2. The third-order valence-electron chi connectivity index (χ3n) is 6.94. The molecule has 0 fully saturated rings. The fourth-order valence-electron chi connectivity index (χ4n) is 5.34. The number of methoxy groups -OCH3 is 2. The molecule has 2 N–H and O–H groups in total. The van der Waals surface area contributed by atoms with Gasteiger partial charge in [0.15, 0.2) is 0 Å². The van der Waals surface area contributed by atoms with E-state index in [1.807, 2.05) is 18.2 Å². The molecule has 2 aromatic heterocycles. The maximum Gasteiger partial charge on any atom is 0.354 e. The lowest BCUT2D eigenvalue weighted by molar-refractivity contribution is 0.0586. The largest absolute Gasteiger partial charge is 0.464 e. The molecule has 4 aromatic rings. The van der Waals surface area contributed by atoms with E-state index in [4.69, 9.17) is 9.47 Å². The number of ether oxygens (including phenoxy) is 2. The molecule has 0 atom stereocenters. The predicted octanol–water partition coefficient (Wildman–Crippen LogP) is 6.84. The highest BCUT2D eigenvalue weighted by molar-refractivity contribution is 5.89. The van der Waals surface area contributed by atoms with Crippen LogP contribution in [0.15, 0.2) is 54.6 Å². The molecule has 0 saturated carbocycles. The molecule has 0 saturated heterocycles. The molecule has 0 spiro atoms. The van der Waals surface area contributed by atoms with Gasteiger partial charge in [-0.2, -0.15) is 0 Å². The Balaban J connectivity index is 1.95. The Kier molecular flexibility index (Phi) is 8.40. The number of carbonyl (C=O) groups excluding carboxylic acids is 2. The van der Waals surface area contributed by atoms with Crippen LogP contribution in [-0.2, 0) is 28.7 Å². The predicted molar refractivity (Wildman–Crippen MR) is 151 cm³/mol. The van der Waals surface area contributed by atoms with Crippen molar-refractivity contribution in [3.8, 4) is 0 Å². The van der Waals surface area contributed by atoms with Gasteiger partial charge in [0.25, 0.3) is 0 Å². The van der Waals surface area contributed by atoms with Gasteiger partial charge in [-0.15, -0.1) is 0 Å². The Morgan fingerprint density at radius 3 is 1.68 bits per heavy atom. The number of H-pyrrole nitrogens is 2. The van der Waals surface area contributed by atoms with E-state index in [0.29, 0.717) is 29.6 Å². The Morgan fingerprint density at radius 2 is 1.18 bits per heavy atom. The lowest BCUT2D eigenvalue weighted by Gasteiger charge is -2.21. The highest BCUT2D eigenvalue weighted by atomic mass is 16.5. The Hall–Kier alpha value is -3.80. The molecule has 4 rings (SSSR count). The van der Waals surface area contributed by atoms with Crippen LogP contribution in [0.5, 0.6) is 0 Å². The highest BCUT2D eigenvalue weighted by Crippen LogP contribution is 2.36. The summed E-state index contributed by atoms with van der Waals surface area (Å²) in [6.45, 7) is 8.68. The van der Waals surface area contributed by atoms with Crippen LogP contribution >= 0.6 is 0 Å². The Bertz CT molecular complexity index is 1350. The summed E-state index contributed by atoms with van der Waals surface area (Å²) in [6, 6.07) is 18.6. The molecule has 0 radical (unpaired) electrons. The number of rotatable bonds is 10. The lowest BCUT2D eigenvalue weighted by atomic mass is 9.85. The van der Waals surface area contributed by atoms with Crippen LogP contribution in [0.25, 0.3) is 10.8 Å². The topological polar surface area (TPSA) is 84.2 Å². The van der Waals surface area contributed by atoms with Gasteiger partial charge in [-0.25, -0.2) is 9.59 Å². The van der Waals surface area contributed by atoms with Crippen molar-refractivity contribution in [2.45, 2.75) is 52.9 Å². The zero-order valence-electron chi connectivity index (χ0n) is 23.2. The molecule has 0 aliphatic carbocycles. The first-order valence-corrected chi connectivity index (χ1v) is 13.3. The van der Waals surface area contributed by atoms with Crippen LogP contribution in [-0.4, -0.2) is 36.1 Å². The summed E-state index contributed by atoms with van der Waals surface area (Å²) in [5.41, 5.74) is 6.16. The van der Waals surface area contributed by atoms with E-state index in [1.54, 1.807) is 0 Å². The molecule has 2 heterocycles. The van der Waals surface area contributed by atoms with Gasteiger partial charge < -0.3 is 19.4 Å². The minimum Gasteiger partial charge on any atom is -0.464 e. The molecule has 6 nitrogen and oxygen atoms in total. The molecule has 0 aliphatic heterocycles. The van der Waals surface area contributed by atoms with E-state index in [2.05, 4.69) is 74.1 Å². The van der Waals surface area contributed by atoms with E-state index in [1.165, 1.54) is 30.6 Å². The van der Waals surface area contributed by atoms with Gasteiger partial charge in [-0.3, -0.25) is 0 Å². The van der Waals surface area contributed by atoms with Gasteiger partial charge in [0, 0.05) is 17.3 Å². The zero-order valence-corrected chi connectivity index (χ0v) is 23.2. The molecule has 38 heavy (non-hydrogen) atoms. The van der Waals surface area contributed by atoms with Crippen molar-refractivity contribution in [3.05, 3.63) is 94.1 Å². The second-order valence-electron chi connectivity index (χ2n) is 10.8. The van der Waals surface area contributed by atoms with Crippen LogP contribution in [0.3, 0.4) is 0 Å². The van der Waals surface area contributed by atoms with E-state index in [9.17, 15) is 9.59 Å². The summed E-state index contributed by atoms with van der Waals surface area (Å²) in [4.78, 5) is 32.0. The highest BCUT2D eigenvalue weighted by Gasteiger charge is 2.28. The van der Waals surface area contributed by atoms with Crippen molar-refractivity contribution in [2.75, 3.05) is 14.2 Å². The Labute approximate surface area is 224 Å². The third kappa shape index (κ3) is 5.85. The molecule has 0 amide bonds. The number of nitrogens with one attached hydrogen (secondary N) is 2. The molecule has 0 aliphatic rings. The molecular weight excluding hydrogens is 476 g/mol. The minimum absolute atomic E-state index is 0.153. The molecule has 2 aromatic carbocycles. The molecule has 0 unspecified atom stereocenters. The average molecular weight is 515 g/mol. The maximum absolute atomic E-state index is 12.6. The average Bonchev–Trinajstić information content (AvgIpc) is 3.50. The number of aromatic nitrogens is 2. The minimum atomic E-state index is -0.394. The molecular formula is C32H38N2O4. The van der Waals surface area contributed by atoms with Crippen LogP contribution in [0.4, 0.5) is 0 Å². The quantitative estimate of drug-likeness (QED) is 0.227. The summed E-state index contributed by atoms with van der Waals surface area (Å²) < 4.78 is 10.1. The van der Waals surface area contributed by atoms with Crippen molar-refractivity contribution in [1.82, 2.24) is 9.97 Å². The summed E-state index contributed by atoms with van der Waals surface area (Å²) in [5, 5.41) is 2.37. The number of hydrogen-bond donors (Lipinski definition) is 2. The summed E-state index contributed by atoms with van der Waals surface area (Å²) in [7, 11) is 2.79. The number of carbonyl (C=O) groups is 2. The standard InChI is InChI=1S/C32H38N2O4/c1-19(2)14-23-17-27(31(35)37-5)33-29(23)26(16-22-12-9-11-21-10-7-8-13-25(21)22)30-24(15-20(3)4)18-28(34-30)32(36)38-6/h7-13,17-20,26,33-34H,14-16H2,1-6H3. The van der Waals surface area contributed by atoms with E-state index < -0.39 is 11.9 Å². The van der Waals surface area contributed by atoms with Gasteiger partial charge in [-0.1, -0.05) is 70.2 Å². The number of benzene rings is 2. The first-order valence-electron chi connectivity index (χ1n) is 13.3. The second kappa shape index (κ2) is 11.7. The van der Waals surface area contributed by atoms with Crippen molar-refractivity contribution < 1.29 is 19.1 Å². The van der Waals surface area contributed by atoms with Crippen LogP contribution in [0, 0.1) is 11.8 Å². The Morgan fingerprint density at radius 1 is 0.684 bits per heavy atom. The second-order valence-corrected chi connectivity index (χ2v) is 10.8. The molecule has 0 bridgehead atoms. The summed E-state index contributed by atoms with van der Waals surface area (Å²) in [5.74, 6) is -0.168. The van der Waals surface area contributed by atoms with Gasteiger partial charge in [0.2, 0.25) is 0 Å². The number of hydrogen-bond acceptors (Lipinski definition) is 4. The van der Waals surface area contributed by atoms with Gasteiger partial charge in [0.05, 0.1) is 14.2 Å². The number of fused-ring (bicyclic) bond motifs is 1. The van der Waals surface area contributed by atoms with Crippen molar-refractivity contribution in [2.24, 2.45) is 11.8 Å². The fourth-order valence-corrected chi connectivity index (χ4v) is 5.34. The summed E-state index contributed by atoms with van der Waals surface area (Å²) in [6.07, 6.45) is 2.29. The van der Waals surface area contributed by atoms with E-state index in [-0.39, 0.29) is 5.92 Å². The fraction of sp³-hybridized carbons (Fsp3) is 0.375. The number of aromatic amines is 2. The van der Waals surface area contributed by atoms with Gasteiger partial charge in [-0.05, 0) is 70.7 Å². The smallest absolute Gasteiger partial charge is 0.354 e. The first-order chi connectivity index (χ1) is 18.2. The van der Waals surface area contributed by atoms with Crippen molar-refractivity contribution >= 4 is 22.7 Å². The lowest BCUT2D eigenvalue weighted by Crippen LogP contribution is -2.13. The molecule has 6 heteroatoms. The molecule has 200 valence electrons. The van der Waals surface area contributed by atoms with Crippen molar-refractivity contribution in [1.29, 1.82) is 0 Å².